The lowest BCUT2D eigenvalue weighted by Gasteiger charge is -2.44. The van der Waals surface area contributed by atoms with Crippen LogP contribution in [0.15, 0.2) is 30.6 Å². The number of aryl methyl sites for hydroxylation is 1. The lowest BCUT2D eigenvalue weighted by molar-refractivity contribution is 0.154. The van der Waals surface area contributed by atoms with Gasteiger partial charge in [-0.25, -0.2) is 9.97 Å². The van der Waals surface area contributed by atoms with Crippen molar-refractivity contribution in [2.24, 2.45) is 5.41 Å². The van der Waals surface area contributed by atoms with Gasteiger partial charge in [-0.05, 0) is 62.7 Å². The Bertz CT molecular complexity index is 699. The fourth-order valence-electron chi connectivity index (χ4n) is 4.12. The Kier molecular flexibility index (Phi) is 4.66. The van der Waals surface area contributed by atoms with Gasteiger partial charge in [-0.3, -0.25) is 4.98 Å². The van der Waals surface area contributed by atoms with E-state index in [-0.39, 0.29) is 0 Å². The van der Waals surface area contributed by atoms with Gasteiger partial charge in [0.15, 0.2) is 5.82 Å². The van der Waals surface area contributed by atoms with E-state index < -0.39 is 0 Å². The summed E-state index contributed by atoms with van der Waals surface area (Å²) < 4.78 is 0. The van der Waals surface area contributed by atoms with E-state index in [0.717, 1.165) is 42.4 Å². The Labute approximate surface area is 149 Å². The Morgan fingerprint density at radius 1 is 1.04 bits per heavy atom. The first-order valence-corrected chi connectivity index (χ1v) is 9.52. The standard InChI is InChI=1S/C20H27N5/c1-2-17-15-18(24-19(23-17)16-3-9-21-10-4-16)25-13-7-20(8-14-25)5-11-22-12-6-20/h3-4,9-10,15,22H,2,5-8,11-14H2,1H3. The van der Waals surface area contributed by atoms with Gasteiger partial charge in [-0.2, -0.15) is 0 Å². The van der Waals surface area contributed by atoms with Gasteiger partial charge in [0.25, 0.3) is 0 Å². The fraction of sp³-hybridized carbons (Fsp3) is 0.550. The maximum absolute atomic E-state index is 4.88. The Hall–Kier alpha value is -2.01. The number of rotatable bonds is 3. The summed E-state index contributed by atoms with van der Waals surface area (Å²) in [5.74, 6) is 1.90. The topological polar surface area (TPSA) is 53.9 Å². The van der Waals surface area contributed by atoms with E-state index in [1.807, 2.05) is 12.1 Å². The quantitative estimate of drug-likeness (QED) is 0.933. The van der Waals surface area contributed by atoms with E-state index in [1.54, 1.807) is 12.4 Å². The van der Waals surface area contributed by atoms with Crippen LogP contribution in [0.1, 0.15) is 38.3 Å². The summed E-state index contributed by atoms with van der Waals surface area (Å²) in [7, 11) is 0. The highest BCUT2D eigenvalue weighted by Crippen LogP contribution is 2.40. The minimum atomic E-state index is 0.566. The summed E-state index contributed by atoms with van der Waals surface area (Å²) in [4.78, 5) is 16.2. The number of pyridine rings is 1. The Balaban J connectivity index is 1.56. The Morgan fingerprint density at radius 2 is 1.76 bits per heavy atom. The molecule has 5 nitrogen and oxygen atoms in total. The lowest BCUT2D eigenvalue weighted by atomic mass is 9.71. The highest BCUT2D eigenvalue weighted by Gasteiger charge is 2.35. The zero-order valence-corrected chi connectivity index (χ0v) is 15.0. The molecule has 4 heterocycles. The van der Waals surface area contributed by atoms with Crippen LogP contribution >= 0.6 is 0 Å². The fourth-order valence-corrected chi connectivity index (χ4v) is 4.12. The van der Waals surface area contributed by atoms with Crippen molar-refractivity contribution < 1.29 is 0 Å². The van der Waals surface area contributed by atoms with Crippen LogP contribution in [0.5, 0.6) is 0 Å². The smallest absolute Gasteiger partial charge is 0.161 e. The second-order valence-corrected chi connectivity index (χ2v) is 7.37. The summed E-state index contributed by atoms with van der Waals surface area (Å²) >= 11 is 0. The van der Waals surface area contributed by atoms with Gasteiger partial charge >= 0.3 is 0 Å². The van der Waals surface area contributed by atoms with Crippen molar-refractivity contribution >= 4 is 5.82 Å². The van der Waals surface area contributed by atoms with Gasteiger partial charge in [0.05, 0.1) is 0 Å². The van der Waals surface area contributed by atoms with Crippen LogP contribution in [0.25, 0.3) is 11.4 Å². The van der Waals surface area contributed by atoms with E-state index in [2.05, 4.69) is 28.2 Å². The summed E-state index contributed by atoms with van der Waals surface area (Å²) in [5.41, 5.74) is 2.72. The first kappa shape index (κ1) is 16.5. The number of hydrogen-bond acceptors (Lipinski definition) is 5. The second kappa shape index (κ2) is 7.08. The average molecular weight is 337 g/mol. The summed E-state index contributed by atoms with van der Waals surface area (Å²) in [6, 6.07) is 6.14. The van der Waals surface area contributed by atoms with Crippen LogP contribution in [-0.2, 0) is 6.42 Å². The van der Waals surface area contributed by atoms with Crippen molar-refractivity contribution in [3.8, 4) is 11.4 Å². The SMILES string of the molecule is CCc1cc(N2CCC3(CCNCC3)CC2)nc(-c2ccncc2)n1. The van der Waals surface area contributed by atoms with Crippen molar-refractivity contribution in [3.63, 3.8) is 0 Å². The van der Waals surface area contributed by atoms with E-state index in [4.69, 9.17) is 9.97 Å². The van der Waals surface area contributed by atoms with Crippen molar-refractivity contribution in [2.75, 3.05) is 31.1 Å². The van der Waals surface area contributed by atoms with Gasteiger partial charge in [-0.1, -0.05) is 6.92 Å². The normalized spacial score (nSPS) is 20.0. The third-order valence-electron chi connectivity index (χ3n) is 5.88. The molecule has 2 saturated heterocycles. The van der Waals surface area contributed by atoms with Gasteiger partial charge in [0.1, 0.15) is 5.82 Å². The molecule has 2 aromatic rings. The van der Waals surface area contributed by atoms with Gasteiger partial charge in [-0.15, -0.1) is 0 Å². The highest BCUT2D eigenvalue weighted by molar-refractivity contribution is 5.57. The van der Waals surface area contributed by atoms with Crippen molar-refractivity contribution in [1.29, 1.82) is 0 Å². The Morgan fingerprint density at radius 3 is 2.44 bits per heavy atom. The van der Waals surface area contributed by atoms with Crippen LogP contribution in [0.4, 0.5) is 5.82 Å². The van der Waals surface area contributed by atoms with E-state index >= 15 is 0 Å². The summed E-state index contributed by atoms with van der Waals surface area (Å²) in [5, 5.41) is 3.50. The van der Waals surface area contributed by atoms with Crippen molar-refractivity contribution in [3.05, 3.63) is 36.3 Å². The zero-order valence-electron chi connectivity index (χ0n) is 15.0. The van der Waals surface area contributed by atoms with E-state index in [9.17, 15) is 0 Å². The predicted octanol–water partition coefficient (Wildman–Crippen LogP) is 3.07. The maximum atomic E-state index is 4.88. The minimum Gasteiger partial charge on any atom is -0.356 e. The third kappa shape index (κ3) is 3.52. The molecular formula is C20H27N5. The molecule has 0 radical (unpaired) electrons. The van der Waals surface area contributed by atoms with Crippen molar-refractivity contribution in [2.45, 2.75) is 39.0 Å². The largest absolute Gasteiger partial charge is 0.356 e. The lowest BCUT2D eigenvalue weighted by Crippen LogP contribution is -2.45. The predicted molar refractivity (Wildman–Crippen MR) is 101 cm³/mol. The first-order valence-electron chi connectivity index (χ1n) is 9.52. The van der Waals surface area contributed by atoms with E-state index in [0.29, 0.717) is 5.41 Å². The number of nitrogens with zero attached hydrogens (tertiary/aromatic N) is 4. The molecule has 2 aliphatic rings. The molecule has 0 bridgehead atoms. The molecule has 1 spiro atoms. The molecule has 0 atom stereocenters. The number of anilines is 1. The molecule has 2 fully saturated rings. The molecule has 2 aromatic heterocycles. The number of aromatic nitrogens is 3. The zero-order chi connectivity index (χ0) is 17.1. The monoisotopic (exact) mass is 337 g/mol. The van der Waals surface area contributed by atoms with E-state index in [1.165, 1.54) is 38.8 Å². The summed E-state index contributed by atoms with van der Waals surface area (Å²) in [6.07, 6.45) is 9.75. The molecule has 5 heteroatoms. The van der Waals surface area contributed by atoms with Gasteiger partial charge in [0, 0.05) is 42.8 Å². The van der Waals surface area contributed by atoms with Crippen LogP contribution in [-0.4, -0.2) is 41.1 Å². The van der Waals surface area contributed by atoms with Crippen LogP contribution in [0.2, 0.25) is 0 Å². The maximum Gasteiger partial charge on any atom is 0.161 e. The number of nitrogens with one attached hydrogen (secondary N) is 1. The molecule has 0 amide bonds. The first-order chi connectivity index (χ1) is 12.3. The van der Waals surface area contributed by atoms with Gasteiger partial charge in [0.2, 0.25) is 0 Å². The van der Waals surface area contributed by atoms with Crippen LogP contribution in [0.3, 0.4) is 0 Å². The van der Waals surface area contributed by atoms with Crippen molar-refractivity contribution in [1.82, 2.24) is 20.3 Å². The highest BCUT2D eigenvalue weighted by atomic mass is 15.2. The van der Waals surface area contributed by atoms with Crippen LogP contribution < -0.4 is 10.2 Å². The molecule has 132 valence electrons. The molecule has 1 N–H and O–H groups in total. The molecule has 0 saturated carbocycles. The molecule has 2 aliphatic heterocycles. The van der Waals surface area contributed by atoms with Gasteiger partial charge < -0.3 is 10.2 Å². The molecule has 0 aromatic carbocycles. The molecule has 0 aliphatic carbocycles. The average Bonchev–Trinajstić information content (AvgIpc) is 2.69. The summed E-state index contributed by atoms with van der Waals surface area (Å²) in [6.45, 7) is 6.73. The molecule has 4 rings (SSSR count). The number of piperidine rings is 2. The molecular weight excluding hydrogens is 310 g/mol. The molecule has 25 heavy (non-hydrogen) atoms. The minimum absolute atomic E-state index is 0.566. The number of hydrogen-bond donors (Lipinski definition) is 1. The third-order valence-corrected chi connectivity index (χ3v) is 5.88. The molecule has 0 unspecified atom stereocenters. The van der Waals surface area contributed by atoms with Crippen LogP contribution in [0, 0.1) is 5.41 Å². The second-order valence-electron chi connectivity index (χ2n) is 7.37.